The van der Waals surface area contributed by atoms with E-state index in [2.05, 4.69) is 0 Å². The van der Waals surface area contributed by atoms with E-state index in [1.807, 2.05) is 0 Å². The molecule has 0 aromatic heterocycles. The van der Waals surface area contributed by atoms with Crippen LogP contribution >= 0.6 is 11.6 Å². The fourth-order valence-corrected chi connectivity index (χ4v) is 1.60. The lowest BCUT2D eigenvalue weighted by atomic mass is 10.3. The summed E-state index contributed by atoms with van der Waals surface area (Å²) in [5.74, 6) is -2.38. The third-order valence-corrected chi connectivity index (χ3v) is 2.65. The summed E-state index contributed by atoms with van der Waals surface area (Å²) in [6.07, 6.45) is -0.628. The first-order chi connectivity index (χ1) is 10.0. The Bertz CT molecular complexity index is 655. The largest absolute Gasteiger partial charge is 0.426 e. The van der Waals surface area contributed by atoms with Gasteiger partial charge in [0.25, 0.3) is 0 Å². The molecule has 0 heterocycles. The molecule has 0 unspecified atom stereocenters. The van der Waals surface area contributed by atoms with Crippen LogP contribution in [0.2, 0.25) is 5.02 Å². The first-order valence-corrected chi connectivity index (χ1v) is 6.34. The average Bonchev–Trinajstić information content (AvgIpc) is 2.44. The average molecular weight is 309 g/mol. The van der Waals surface area contributed by atoms with Crippen LogP contribution in [0.25, 0.3) is 0 Å². The zero-order valence-electron chi connectivity index (χ0n) is 10.7. The minimum Gasteiger partial charge on any atom is -0.426 e. The summed E-state index contributed by atoms with van der Waals surface area (Å²) >= 11 is 5.69. The molecule has 0 atom stereocenters. The van der Waals surface area contributed by atoms with Crippen molar-refractivity contribution in [3.63, 3.8) is 0 Å². The third-order valence-electron chi connectivity index (χ3n) is 2.39. The van der Waals surface area contributed by atoms with Gasteiger partial charge in [0.1, 0.15) is 12.2 Å². The van der Waals surface area contributed by atoms with Crippen LogP contribution in [0.5, 0.6) is 11.5 Å². The molecule has 0 fully saturated rings. The summed E-state index contributed by atoms with van der Waals surface area (Å²) in [6, 6.07) is 11.5. The summed E-state index contributed by atoms with van der Waals surface area (Å²) in [4.78, 5) is 23.0. The van der Waals surface area contributed by atoms with Crippen molar-refractivity contribution in [1.82, 2.24) is 0 Å². The molecule has 2 aromatic carbocycles. The fraction of sp³-hybridized carbons (Fsp3) is 0.0667. The lowest BCUT2D eigenvalue weighted by Gasteiger charge is -2.06. The van der Waals surface area contributed by atoms with Crippen molar-refractivity contribution in [1.29, 1.82) is 0 Å². The number of esters is 2. The summed E-state index contributed by atoms with van der Waals surface area (Å²) in [7, 11) is 0. The molecule has 0 saturated heterocycles. The van der Waals surface area contributed by atoms with Crippen LogP contribution in [0, 0.1) is 5.82 Å². The van der Waals surface area contributed by atoms with Crippen LogP contribution in [0.3, 0.4) is 0 Å². The maximum absolute atomic E-state index is 13.3. The van der Waals surface area contributed by atoms with Crippen molar-refractivity contribution in [3.05, 3.63) is 59.4 Å². The molecule has 0 radical (unpaired) electrons. The predicted molar refractivity (Wildman–Crippen MR) is 73.7 cm³/mol. The van der Waals surface area contributed by atoms with Crippen LogP contribution in [0.15, 0.2) is 48.5 Å². The standard InChI is InChI=1S/C15H10ClFO4/c16-10-5-7-11(8-6-10)20-14(18)9-15(19)21-13-4-2-1-3-12(13)17/h1-8H,9H2. The Kier molecular flexibility index (Phi) is 4.90. The molecule has 0 amide bonds. The van der Waals surface area contributed by atoms with Gasteiger partial charge in [-0.15, -0.1) is 0 Å². The molecule has 2 rings (SSSR count). The van der Waals surface area contributed by atoms with E-state index < -0.39 is 24.2 Å². The Morgan fingerprint density at radius 2 is 1.57 bits per heavy atom. The van der Waals surface area contributed by atoms with Gasteiger partial charge in [-0.3, -0.25) is 9.59 Å². The Morgan fingerprint density at radius 1 is 0.952 bits per heavy atom. The second-order valence-corrected chi connectivity index (χ2v) is 4.45. The zero-order valence-corrected chi connectivity index (χ0v) is 11.5. The number of hydrogen-bond donors (Lipinski definition) is 0. The number of carbonyl (C=O) groups is 2. The number of rotatable bonds is 4. The number of hydrogen-bond acceptors (Lipinski definition) is 4. The minimum absolute atomic E-state index is 0.234. The molecule has 4 nitrogen and oxygen atoms in total. The first-order valence-electron chi connectivity index (χ1n) is 5.96. The second kappa shape index (κ2) is 6.85. The lowest BCUT2D eigenvalue weighted by molar-refractivity contribution is -0.144. The van der Waals surface area contributed by atoms with Crippen LogP contribution in [0.1, 0.15) is 6.42 Å². The Balaban J connectivity index is 1.89. The van der Waals surface area contributed by atoms with Crippen molar-refractivity contribution < 1.29 is 23.5 Å². The van der Waals surface area contributed by atoms with Crippen LogP contribution in [-0.4, -0.2) is 11.9 Å². The molecular weight excluding hydrogens is 299 g/mol. The van der Waals surface area contributed by atoms with Gasteiger partial charge in [0.05, 0.1) is 0 Å². The molecule has 0 saturated carbocycles. The van der Waals surface area contributed by atoms with Gasteiger partial charge in [-0.05, 0) is 36.4 Å². The maximum Gasteiger partial charge on any atom is 0.322 e. The summed E-state index contributed by atoms with van der Waals surface area (Å²) in [5.41, 5.74) is 0. The van der Waals surface area contributed by atoms with Gasteiger partial charge in [-0.25, -0.2) is 4.39 Å². The van der Waals surface area contributed by atoms with E-state index in [9.17, 15) is 14.0 Å². The van der Waals surface area contributed by atoms with Crippen molar-refractivity contribution in [3.8, 4) is 11.5 Å². The molecule has 0 aliphatic heterocycles. The second-order valence-electron chi connectivity index (χ2n) is 4.01. The summed E-state index contributed by atoms with van der Waals surface area (Å²) in [5, 5.41) is 0.494. The van der Waals surface area contributed by atoms with Crippen LogP contribution < -0.4 is 9.47 Å². The minimum atomic E-state index is -0.904. The number of benzene rings is 2. The van der Waals surface area contributed by atoms with E-state index in [0.29, 0.717) is 5.02 Å². The van der Waals surface area contributed by atoms with E-state index >= 15 is 0 Å². The molecule has 21 heavy (non-hydrogen) atoms. The monoisotopic (exact) mass is 308 g/mol. The molecular formula is C15H10ClFO4. The van der Waals surface area contributed by atoms with E-state index in [0.717, 1.165) is 6.07 Å². The van der Waals surface area contributed by atoms with Gasteiger partial charge in [-0.1, -0.05) is 23.7 Å². The SMILES string of the molecule is O=C(CC(=O)Oc1ccccc1F)Oc1ccc(Cl)cc1. The summed E-state index contributed by atoms with van der Waals surface area (Å²) < 4.78 is 22.9. The number of ether oxygens (including phenoxy) is 2. The maximum atomic E-state index is 13.3. The highest BCUT2D eigenvalue weighted by Crippen LogP contribution is 2.17. The van der Waals surface area contributed by atoms with Gasteiger partial charge >= 0.3 is 11.9 Å². The molecule has 0 N–H and O–H groups in total. The number of halogens is 2. The molecule has 6 heteroatoms. The third kappa shape index (κ3) is 4.57. The fourth-order valence-electron chi connectivity index (χ4n) is 1.47. The topological polar surface area (TPSA) is 52.6 Å². The quantitative estimate of drug-likeness (QED) is 0.493. The van der Waals surface area contributed by atoms with Crippen molar-refractivity contribution in [2.24, 2.45) is 0 Å². The zero-order chi connectivity index (χ0) is 15.2. The van der Waals surface area contributed by atoms with Crippen LogP contribution in [-0.2, 0) is 9.59 Å². The highest BCUT2D eigenvalue weighted by atomic mass is 35.5. The van der Waals surface area contributed by atoms with E-state index in [1.54, 1.807) is 12.1 Å². The van der Waals surface area contributed by atoms with Gasteiger partial charge in [0.15, 0.2) is 11.6 Å². The van der Waals surface area contributed by atoms with Crippen molar-refractivity contribution >= 4 is 23.5 Å². The molecule has 0 aliphatic carbocycles. The van der Waals surface area contributed by atoms with Gasteiger partial charge < -0.3 is 9.47 Å². The Hall–Kier alpha value is -2.40. The summed E-state index contributed by atoms with van der Waals surface area (Å²) in [6.45, 7) is 0. The van der Waals surface area contributed by atoms with Crippen molar-refractivity contribution in [2.45, 2.75) is 6.42 Å². The highest BCUT2D eigenvalue weighted by Gasteiger charge is 2.15. The lowest BCUT2D eigenvalue weighted by Crippen LogP contribution is -2.18. The number of carbonyl (C=O) groups excluding carboxylic acids is 2. The van der Waals surface area contributed by atoms with E-state index in [1.165, 1.54) is 30.3 Å². The first kappa shape index (κ1) is 15.0. The van der Waals surface area contributed by atoms with Gasteiger partial charge in [0, 0.05) is 5.02 Å². The normalized spacial score (nSPS) is 10.0. The Labute approximate surface area is 125 Å². The molecule has 0 bridgehead atoms. The van der Waals surface area contributed by atoms with E-state index in [4.69, 9.17) is 21.1 Å². The van der Waals surface area contributed by atoms with Crippen molar-refractivity contribution in [2.75, 3.05) is 0 Å². The Morgan fingerprint density at radius 3 is 2.24 bits per heavy atom. The molecule has 2 aromatic rings. The smallest absolute Gasteiger partial charge is 0.322 e. The van der Waals surface area contributed by atoms with E-state index in [-0.39, 0.29) is 11.5 Å². The van der Waals surface area contributed by atoms with Gasteiger partial charge in [0.2, 0.25) is 0 Å². The molecule has 108 valence electrons. The highest BCUT2D eigenvalue weighted by molar-refractivity contribution is 6.30. The molecule has 0 spiro atoms. The van der Waals surface area contributed by atoms with Crippen LogP contribution in [0.4, 0.5) is 4.39 Å². The van der Waals surface area contributed by atoms with Gasteiger partial charge in [-0.2, -0.15) is 0 Å². The predicted octanol–water partition coefficient (Wildman–Crippen LogP) is 3.38. The number of para-hydroxylation sites is 1. The molecule has 0 aliphatic rings.